The number of likely N-dealkylation sites (N-methyl/N-ethyl adjacent to an activating group) is 1. The Morgan fingerprint density at radius 2 is 2.12 bits per heavy atom. The third-order valence-corrected chi connectivity index (χ3v) is 2.25. The number of hydrogen-bond donors (Lipinski definition) is 0. The van der Waals surface area contributed by atoms with E-state index < -0.39 is 11.6 Å². The average Bonchev–Trinajstić information content (AvgIpc) is 2.30. The number of nitriles is 1. The van der Waals surface area contributed by atoms with Crippen LogP contribution in [0.15, 0.2) is 24.8 Å². The lowest BCUT2D eigenvalue weighted by Gasteiger charge is -2.22. The summed E-state index contributed by atoms with van der Waals surface area (Å²) in [4.78, 5) is 1.63. The fourth-order valence-corrected chi connectivity index (χ4v) is 1.42. The Hall–Kier alpha value is -1.89. The molecule has 0 heterocycles. The van der Waals surface area contributed by atoms with Gasteiger partial charge in [-0.2, -0.15) is 5.26 Å². The Balaban J connectivity index is 3.20. The first-order valence-electron chi connectivity index (χ1n) is 4.89. The zero-order chi connectivity index (χ0) is 12.1. The highest BCUT2D eigenvalue weighted by atomic mass is 19.2. The second kappa shape index (κ2) is 5.26. The Bertz CT molecular complexity index is 435. The van der Waals surface area contributed by atoms with Crippen LogP contribution in [0.1, 0.15) is 12.5 Å². The molecule has 16 heavy (non-hydrogen) atoms. The summed E-state index contributed by atoms with van der Waals surface area (Å²) in [7, 11) is 0. The zero-order valence-corrected chi connectivity index (χ0v) is 9.00. The first-order valence-corrected chi connectivity index (χ1v) is 4.89. The summed E-state index contributed by atoms with van der Waals surface area (Å²) in [6.07, 6.45) is 1.61. The fraction of sp³-hybridized carbons (Fsp3) is 0.250. The molecule has 84 valence electrons. The van der Waals surface area contributed by atoms with Gasteiger partial charge in [0.05, 0.1) is 11.3 Å². The largest absolute Gasteiger partial charge is 0.366 e. The predicted octanol–water partition coefficient (Wildman–Crippen LogP) is 2.85. The minimum atomic E-state index is -1.09. The van der Waals surface area contributed by atoms with Gasteiger partial charge in [-0.3, -0.25) is 0 Å². The third kappa shape index (κ3) is 2.19. The predicted molar refractivity (Wildman–Crippen MR) is 59.2 cm³/mol. The lowest BCUT2D eigenvalue weighted by atomic mass is 10.2. The molecule has 1 aromatic carbocycles. The lowest BCUT2D eigenvalue weighted by Crippen LogP contribution is -2.24. The summed E-state index contributed by atoms with van der Waals surface area (Å²) < 4.78 is 27.0. The summed E-state index contributed by atoms with van der Waals surface area (Å²) in [5, 5.41) is 8.55. The Morgan fingerprint density at radius 1 is 1.44 bits per heavy atom. The molecule has 0 saturated heterocycles. The maximum atomic E-state index is 13.6. The van der Waals surface area contributed by atoms with Gasteiger partial charge in [-0.25, -0.2) is 8.78 Å². The standard InChI is InChI=1S/C12H12F2N2/c1-3-7-16(4-2)10-6-5-9(8-15)11(13)12(10)14/h3,5-6H,1,4,7H2,2H3. The van der Waals surface area contributed by atoms with E-state index in [1.54, 1.807) is 17.0 Å². The SMILES string of the molecule is C=CCN(CC)c1ccc(C#N)c(F)c1F. The van der Waals surface area contributed by atoms with Crippen molar-refractivity contribution in [2.24, 2.45) is 0 Å². The van der Waals surface area contributed by atoms with Crippen molar-refractivity contribution in [1.29, 1.82) is 5.26 Å². The quantitative estimate of drug-likeness (QED) is 0.732. The van der Waals surface area contributed by atoms with Crippen molar-refractivity contribution >= 4 is 5.69 Å². The number of benzene rings is 1. The van der Waals surface area contributed by atoms with E-state index in [0.717, 1.165) is 0 Å². The molecule has 0 aliphatic rings. The van der Waals surface area contributed by atoms with Crippen LogP contribution in [-0.2, 0) is 0 Å². The number of hydrogen-bond acceptors (Lipinski definition) is 2. The maximum absolute atomic E-state index is 13.6. The molecule has 0 spiro atoms. The molecule has 0 aliphatic heterocycles. The van der Waals surface area contributed by atoms with Crippen LogP contribution < -0.4 is 4.90 Å². The molecule has 0 aromatic heterocycles. The zero-order valence-electron chi connectivity index (χ0n) is 9.00. The molecule has 0 fully saturated rings. The number of anilines is 1. The van der Waals surface area contributed by atoms with Gasteiger partial charge in [0.15, 0.2) is 11.6 Å². The molecule has 0 radical (unpaired) electrons. The summed E-state index contributed by atoms with van der Waals surface area (Å²) >= 11 is 0. The van der Waals surface area contributed by atoms with E-state index in [1.165, 1.54) is 12.1 Å². The molecular formula is C12H12F2N2. The normalized spacial score (nSPS) is 9.62. The van der Waals surface area contributed by atoms with Crippen molar-refractivity contribution in [3.05, 3.63) is 42.0 Å². The Morgan fingerprint density at radius 3 is 2.62 bits per heavy atom. The van der Waals surface area contributed by atoms with Crippen LogP contribution in [0.5, 0.6) is 0 Å². The molecule has 1 aromatic rings. The van der Waals surface area contributed by atoms with Gasteiger partial charge in [-0.05, 0) is 19.1 Å². The minimum absolute atomic E-state index is 0.152. The number of halogens is 2. The highest BCUT2D eigenvalue weighted by Gasteiger charge is 2.16. The number of rotatable bonds is 4. The van der Waals surface area contributed by atoms with Gasteiger partial charge in [0.25, 0.3) is 0 Å². The monoisotopic (exact) mass is 222 g/mol. The van der Waals surface area contributed by atoms with Crippen molar-refractivity contribution in [3.8, 4) is 6.07 Å². The summed E-state index contributed by atoms with van der Waals surface area (Å²) in [5.41, 5.74) is -0.130. The molecule has 0 bridgehead atoms. The van der Waals surface area contributed by atoms with E-state index in [1.807, 2.05) is 6.92 Å². The van der Waals surface area contributed by atoms with Gasteiger partial charge in [-0.15, -0.1) is 6.58 Å². The average molecular weight is 222 g/mol. The Labute approximate surface area is 93.4 Å². The highest BCUT2D eigenvalue weighted by Crippen LogP contribution is 2.23. The molecule has 0 atom stereocenters. The minimum Gasteiger partial charge on any atom is -0.366 e. The molecule has 2 nitrogen and oxygen atoms in total. The molecule has 0 N–H and O–H groups in total. The molecule has 0 unspecified atom stereocenters. The van der Waals surface area contributed by atoms with Crippen molar-refractivity contribution in [2.75, 3.05) is 18.0 Å². The van der Waals surface area contributed by atoms with Crippen molar-refractivity contribution < 1.29 is 8.78 Å². The molecule has 1 rings (SSSR count). The maximum Gasteiger partial charge on any atom is 0.183 e. The van der Waals surface area contributed by atoms with E-state index in [9.17, 15) is 8.78 Å². The van der Waals surface area contributed by atoms with Gasteiger partial charge in [0.1, 0.15) is 6.07 Å². The van der Waals surface area contributed by atoms with Gasteiger partial charge < -0.3 is 4.90 Å². The van der Waals surface area contributed by atoms with E-state index in [4.69, 9.17) is 5.26 Å². The van der Waals surface area contributed by atoms with Crippen molar-refractivity contribution in [3.63, 3.8) is 0 Å². The van der Waals surface area contributed by atoms with Crippen LogP contribution in [0.2, 0.25) is 0 Å². The van der Waals surface area contributed by atoms with Gasteiger partial charge >= 0.3 is 0 Å². The Kier molecular flexibility index (Phi) is 4.01. The van der Waals surface area contributed by atoms with Crippen molar-refractivity contribution in [2.45, 2.75) is 6.92 Å². The topological polar surface area (TPSA) is 27.0 Å². The highest BCUT2D eigenvalue weighted by molar-refractivity contribution is 5.52. The summed E-state index contributed by atoms with van der Waals surface area (Å²) in [6.45, 7) is 6.35. The van der Waals surface area contributed by atoms with Crippen LogP contribution in [0.4, 0.5) is 14.5 Å². The molecular weight excluding hydrogens is 210 g/mol. The first-order chi connectivity index (χ1) is 7.65. The number of nitrogens with zero attached hydrogens (tertiary/aromatic N) is 2. The van der Waals surface area contributed by atoms with Crippen molar-refractivity contribution in [1.82, 2.24) is 0 Å². The van der Waals surface area contributed by atoms with E-state index in [0.29, 0.717) is 13.1 Å². The second-order valence-corrected chi connectivity index (χ2v) is 3.20. The molecule has 0 amide bonds. The summed E-state index contributed by atoms with van der Waals surface area (Å²) in [6, 6.07) is 4.28. The van der Waals surface area contributed by atoms with E-state index >= 15 is 0 Å². The van der Waals surface area contributed by atoms with E-state index in [-0.39, 0.29) is 11.3 Å². The second-order valence-electron chi connectivity index (χ2n) is 3.20. The van der Waals surface area contributed by atoms with Gasteiger partial charge in [0, 0.05) is 13.1 Å². The first kappa shape index (κ1) is 12.2. The lowest BCUT2D eigenvalue weighted by molar-refractivity contribution is 0.505. The van der Waals surface area contributed by atoms with Gasteiger partial charge in [0.2, 0.25) is 0 Å². The van der Waals surface area contributed by atoms with Crippen LogP contribution in [0.25, 0.3) is 0 Å². The van der Waals surface area contributed by atoms with Crippen LogP contribution in [0.3, 0.4) is 0 Å². The van der Waals surface area contributed by atoms with Crippen LogP contribution >= 0.6 is 0 Å². The van der Waals surface area contributed by atoms with Crippen LogP contribution in [0, 0.1) is 23.0 Å². The smallest absolute Gasteiger partial charge is 0.183 e. The molecule has 4 heteroatoms. The fourth-order valence-electron chi connectivity index (χ4n) is 1.42. The van der Waals surface area contributed by atoms with E-state index in [2.05, 4.69) is 6.58 Å². The van der Waals surface area contributed by atoms with Gasteiger partial charge in [-0.1, -0.05) is 6.08 Å². The van der Waals surface area contributed by atoms with Crippen LogP contribution in [-0.4, -0.2) is 13.1 Å². The summed E-state index contributed by atoms with van der Waals surface area (Å²) in [5.74, 6) is -2.08. The molecule has 0 aliphatic carbocycles. The third-order valence-electron chi connectivity index (χ3n) is 2.25. The molecule has 0 saturated carbocycles.